The molecule has 0 bridgehead atoms. The van der Waals surface area contributed by atoms with Crippen molar-refractivity contribution in [3.63, 3.8) is 0 Å². The van der Waals surface area contributed by atoms with Crippen molar-refractivity contribution in [3.05, 3.63) is 139 Å². The van der Waals surface area contributed by atoms with E-state index < -0.39 is 6.04 Å². The third kappa shape index (κ3) is 11.4. The van der Waals surface area contributed by atoms with Gasteiger partial charge in [0.25, 0.3) is 0 Å². The highest BCUT2D eigenvalue weighted by molar-refractivity contribution is 7.59. The average Bonchev–Trinajstić information content (AvgIpc) is 3.90. The third-order valence-corrected chi connectivity index (χ3v) is 12.8. The molecule has 6 aromatic rings. The van der Waals surface area contributed by atoms with Crippen LogP contribution in [-0.2, 0) is 43.1 Å². The minimum Gasteiger partial charge on any atom is -0.491 e. The maximum absolute atomic E-state index is 14.8. The van der Waals surface area contributed by atoms with Crippen molar-refractivity contribution in [2.45, 2.75) is 59.4 Å². The third-order valence-electron chi connectivity index (χ3n) is 11.4. The molecule has 1 aliphatic carbocycles. The number of ether oxygens (including phenoxy) is 4. The van der Waals surface area contributed by atoms with E-state index in [9.17, 15) is 14.0 Å². The Hall–Kier alpha value is -5.29. The predicted octanol–water partition coefficient (Wildman–Crippen LogP) is 8.83. The lowest BCUT2D eigenvalue weighted by Crippen LogP contribution is -2.15. The minimum absolute atomic E-state index is 0. The summed E-state index contributed by atoms with van der Waals surface area (Å²) < 4.78 is 39.7. The Bertz CT molecular complexity index is 2690. The Kier molecular flexibility index (Phi) is 16.0. The lowest BCUT2D eigenvalue weighted by atomic mass is 9.98. The van der Waals surface area contributed by atoms with Crippen LogP contribution in [-0.4, -0.2) is 89.8 Å². The highest BCUT2D eigenvalue weighted by Gasteiger charge is 2.32. The summed E-state index contributed by atoms with van der Waals surface area (Å²) >= 11 is 7.93. The predicted molar refractivity (Wildman–Crippen MR) is 257 cm³/mol. The summed E-state index contributed by atoms with van der Waals surface area (Å²) in [5, 5.41) is 13.8. The molecule has 3 aromatic carbocycles. The number of nitrogens with one attached hydrogen (secondary N) is 1. The van der Waals surface area contributed by atoms with Gasteiger partial charge in [0.15, 0.2) is 5.82 Å². The summed E-state index contributed by atoms with van der Waals surface area (Å²) in [5.74, 6) is 2.60. The van der Waals surface area contributed by atoms with Crippen molar-refractivity contribution >= 4 is 59.5 Å². The molecule has 65 heavy (non-hydrogen) atoms. The normalized spacial score (nSPS) is 14.0. The highest BCUT2D eigenvalue weighted by atomic mass is 35.5. The largest absolute Gasteiger partial charge is 0.491 e. The molecular weight excluding hydrogens is 887 g/mol. The second-order valence-corrected chi connectivity index (χ2v) is 17.6. The second-order valence-electron chi connectivity index (χ2n) is 16.0. The first-order valence-electron chi connectivity index (χ1n) is 21.4. The number of rotatable bonds is 20. The van der Waals surface area contributed by atoms with E-state index in [1.54, 1.807) is 23.6 Å². The van der Waals surface area contributed by atoms with Crippen LogP contribution in [0.1, 0.15) is 67.9 Å². The van der Waals surface area contributed by atoms with E-state index in [1.165, 1.54) is 10.9 Å². The van der Waals surface area contributed by atoms with Gasteiger partial charge in [0.1, 0.15) is 52.4 Å². The number of carbonyl (C=O) groups excluding carboxylic acids is 2. The van der Waals surface area contributed by atoms with Crippen LogP contribution in [0.3, 0.4) is 0 Å². The zero-order chi connectivity index (χ0) is 44.7. The molecule has 0 unspecified atom stereocenters. The van der Waals surface area contributed by atoms with Gasteiger partial charge in [-0.15, -0.1) is 21.5 Å². The van der Waals surface area contributed by atoms with Gasteiger partial charge < -0.3 is 24.3 Å². The quantitative estimate of drug-likeness (QED) is 0.0739. The fraction of sp³-hybridized carbons (Fsp3) is 0.347. The second kappa shape index (κ2) is 21.8. The highest BCUT2D eigenvalue weighted by Crippen LogP contribution is 2.40. The number of aromatic nitrogens is 4. The van der Waals surface area contributed by atoms with Crippen LogP contribution < -0.4 is 10.1 Å². The van der Waals surface area contributed by atoms with Crippen molar-refractivity contribution in [2.75, 3.05) is 58.1 Å². The van der Waals surface area contributed by atoms with E-state index in [1.807, 2.05) is 68.4 Å². The summed E-state index contributed by atoms with van der Waals surface area (Å²) in [5.41, 5.74) is 8.54. The molecule has 0 radical (unpaired) electrons. The number of fused-ring (bicyclic) bond motifs is 4. The van der Waals surface area contributed by atoms with Gasteiger partial charge in [-0.1, -0.05) is 35.9 Å². The molecule has 0 fully saturated rings. The number of nitrogens with zero attached hydrogens (tertiary/aromatic N) is 5. The summed E-state index contributed by atoms with van der Waals surface area (Å²) in [4.78, 5) is 36.3. The van der Waals surface area contributed by atoms with E-state index in [0.29, 0.717) is 99.2 Å². The van der Waals surface area contributed by atoms with Crippen molar-refractivity contribution in [3.8, 4) is 21.9 Å². The van der Waals surface area contributed by atoms with Gasteiger partial charge in [-0.25, -0.2) is 9.37 Å². The lowest BCUT2D eigenvalue weighted by molar-refractivity contribution is -0.119. The summed E-state index contributed by atoms with van der Waals surface area (Å²) in [7, 11) is 0. The van der Waals surface area contributed by atoms with Crippen LogP contribution in [0.25, 0.3) is 16.1 Å². The number of aryl methyl sites for hydroxylation is 3. The molecule has 0 amide bonds. The van der Waals surface area contributed by atoms with Gasteiger partial charge in [0, 0.05) is 70.6 Å². The van der Waals surface area contributed by atoms with Gasteiger partial charge in [-0.2, -0.15) is 13.5 Å². The first-order valence-corrected chi connectivity index (χ1v) is 22.6. The number of thiophene rings is 1. The van der Waals surface area contributed by atoms with Gasteiger partial charge in [-0.3, -0.25) is 19.1 Å². The number of aliphatic imine (C=N–C) groups is 1. The van der Waals surface area contributed by atoms with Crippen molar-refractivity contribution in [1.29, 1.82) is 0 Å². The van der Waals surface area contributed by atoms with Crippen molar-refractivity contribution in [1.82, 2.24) is 19.7 Å². The Morgan fingerprint density at radius 1 is 0.862 bits per heavy atom. The number of hydrogen-bond donors (Lipinski definition) is 1. The number of anilines is 1. The lowest BCUT2D eigenvalue weighted by Gasteiger charge is -2.13. The Morgan fingerprint density at radius 3 is 2.25 bits per heavy atom. The Morgan fingerprint density at radius 2 is 1.54 bits per heavy atom. The fourth-order valence-electron chi connectivity index (χ4n) is 7.98. The van der Waals surface area contributed by atoms with E-state index in [4.69, 9.17) is 35.5 Å². The molecule has 1 N–H and O–H groups in total. The molecule has 4 heterocycles. The Labute approximate surface area is 394 Å². The smallest absolute Gasteiger partial charge is 0.163 e. The molecule has 1 atom stereocenters. The monoisotopic (exact) mass is 938 g/mol. The van der Waals surface area contributed by atoms with Gasteiger partial charge >= 0.3 is 0 Å². The molecule has 340 valence electrons. The molecule has 0 saturated heterocycles. The molecular formula is C49H52ClFN6O6S2. The number of hydrogen-bond acceptors (Lipinski definition) is 12. The van der Waals surface area contributed by atoms with Crippen LogP contribution >= 0.6 is 36.4 Å². The van der Waals surface area contributed by atoms with E-state index in [2.05, 4.69) is 38.9 Å². The first-order chi connectivity index (χ1) is 31.0. The molecule has 8 rings (SSSR count). The minimum atomic E-state index is -0.513. The molecule has 0 saturated carbocycles. The number of benzene rings is 3. The summed E-state index contributed by atoms with van der Waals surface area (Å²) in [6.07, 6.45) is 2.75. The zero-order valence-corrected chi connectivity index (χ0v) is 39.4. The van der Waals surface area contributed by atoms with Gasteiger partial charge in [-0.05, 0) is 98.0 Å². The topological polar surface area (TPSA) is 139 Å². The molecule has 1 aliphatic heterocycles. The van der Waals surface area contributed by atoms with Crippen LogP contribution in [0.4, 0.5) is 10.2 Å². The van der Waals surface area contributed by atoms with E-state index >= 15 is 0 Å². The molecule has 2 aliphatic rings. The zero-order valence-electron chi connectivity index (χ0n) is 36.8. The molecule has 3 aromatic heterocycles. The van der Waals surface area contributed by atoms with Gasteiger partial charge in [0.2, 0.25) is 0 Å². The number of pyridine rings is 1. The van der Waals surface area contributed by atoms with Crippen LogP contribution in [0.2, 0.25) is 5.02 Å². The van der Waals surface area contributed by atoms with Crippen molar-refractivity contribution in [2.24, 2.45) is 4.99 Å². The number of halogens is 2. The first kappa shape index (κ1) is 47.7. The number of Topliss-reactive ketones (excluding diaryl/α,β-unsaturated/α-hetero) is 2. The van der Waals surface area contributed by atoms with Crippen LogP contribution in [0.15, 0.2) is 77.9 Å². The van der Waals surface area contributed by atoms with Gasteiger partial charge in [0.05, 0.1) is 45.4 Å². The fourth-order valence-corrected chi connectivity index (χ4v) is 9.32. The average molecular weight is 940 g/mol. The van der Waals surface area contributed by atoms with Crippen molar-refractivity contribution < 1.29 is 32.9 Å². The van der Waals surface area contributed by atoms with Crippen LogP contribution in [0, 0.1) is 33.5 Å². The SMILES string of the molecule is Cc1cc(NCCOCCOCCOCCOc2ccc(CC(=O)C[C@@H]3N=C(c4ccc(Cl)cc4)c4c(sc(C)c4C)-n4c(C)nnc43)cc2)ncc1-c1cc2c(cc1F)CC(=O)C2.S. The molecule has 0 spiro atoms. The number of carbonyl (C=O) groups is 2. The molecule has 16 heteroatoms. The standard InChI is InChI=1S/C49H50ClFN6O6S.H2S/c1-29-21-45(53-28-42(29)41-25-35-23-39(59)24-36(35)26-43(41)51)52-13-14-60-15-16-61-17-18-62-19-20-63-40-11-5-33(6-12-40)22-38(58)27-44-48-56-55-32(4)57(48)49-46(30(2)31(3)64-49)47(54-44)34-7-9-37(50)10-8-34;/h5-12,21,25-26,28,44H,13-20,22-24,27H2,1-4H3,(H,52,53);1H2/t44-;/m0./s1. The summed E-state index contributed by atoms with van der Waals surface area (Å²) in [6, 6.07) is 19.8. The maximum atomic E-state index is 14.8. The van der Waals surface area contributed by atoms with Crippen LogP contribution in [0.5, 0.6) is 5.75 Å². The molecule has 12 nitrogen and oxygen atoms in total. The Balaban J connectivity index is 0.00000630. The van der Waals surface area contributed by atoms with E-state index in [-0.39, 0.29) is 43.7 Å². The summed E-state index contributed by atoms with van der Waals surface area (Å²) in [6.45, 7) is 11.6. The number of ketones is 2. The maximum Gasteiger partial charge on any atom is 0.163 e. The van der Waals surface area contributed by atoms with E-state index in [0.717, 1.165) is 55.5 Å².